The summed E-state index contributed by atoms with van der Waals surface area (Å²) in [7, 11) is 0. The zero-order chi connectivity index (χ0) is 23.3. The maximum Gasteiger partial charge on any atom is 0.290 e. The van der Waals surface area contributed by atoms with Crippen molar-refractivity contribution < 1.29 is 14.0 Å². The molecule has 0 atom stereocenters. The lowest BCUT2D eigenvalue weighted by Gasteiger charge is -2.32. The predicted molar refractivity (Wildman–Crippen MR) is 131 cm³/mol. The second-order valence-corrected chi connectivity index (χ2v) is 9.46. The van der Waals surface area contributed by atoms with E-state index in [1.807, 2.05) is 24.4 Å². The fraction of sp³-hybridized carbons (Fsp3) is 0.320. The minimum atomic E-state index is -0.376. The Balaban J connectivity index is 1.13. The van der Waals surface area contributed by atoms with E-state index >= 15 is 0 Å². The van der Waals surface area contributed by atoms with E-state index in [1.165, 1.54) is 12.0 Å². The quantitative estimate of drug-likeness (QED) is 0.491. The van der Waals surface area contributed by atoms with Crippen molar-refractivity contribution in [1.82, 2.24) is 20.3 Å². The average Bonchev–Trinajstić information content (AvgIpc) is 3.50. The highest BCUT2D eigenvalue weighted by Gasteiger charge is 2.26. The van der Waals surface area contributed by atoms with Crippen LogP contribution in [0.4, 0.5) is 10.7 Å². The number of furan rings is 1. The number of pyridine rings is 1. The summed E-state index contributed by atoms with van der Waals surface area (Å²) in [5.74, 6) is 1.79. The number of hydrogen-bond donors (Lipinski definition) is 1. The number of carbonyl (C=O) groups is 2. The Bertz CT molecular complexity index is 1200. The summed E-state index contributed by atoms with van der Waals surface area (Å²) in [5, 5.41) is 1.91. The van der Waals surface area contributed by atoms with Gasteiger partial charge in [-0.25, -0.2) is 9.97 Å². The van der Waals surface area contributed by atoms with E-state index in [4.69, 9.17) is 4.42 Å². The van der Waals surface area contributed by atoms with Gasteiger partial charge in [-0.2, -0.15) is 0 Å². The zero-order valence-corrected chi connectivity index (χ0v) is 19.5. The zero-order valence-electron chi connectivity index (χ0n) is 18.6. The van der Waals surface area contributed by atoms with Gasteiger partial charge < -0.3 is 9.32 Å². The summed E-state index contributed by atoms with van der Waals surface area (Å²) in [6.45, 7) is 1.81. The highest BCUT2D eigenvalue weighted by atomic mass is 32.2. The molecule has 2 aliphatic rings. The smallest absolute Gasteiger partial charge is 0.290 e. The molecule has 0 saturated carbocycles. The fourth-order valence-electron chi connectivity index (χ4n) is 4.43. The van der Waals surface area contributed by atoms with Gasteiger partial charge in [0.05, 0.1) is 16.9 Å². The summed E-state index contributed by atoms with van der Waals surface area (Å²) < 4.78 is 5.55. The molecule has 0 unspecified atom stereocenters. The van der Waals surface area contributed by atoms with Gasteiger partial charge in [-0.3, -0.25) is 19.9 Å². The van der Waals surface area contributed by atoms with E-state index < -0.39 is 0 Å². The Hall–Kier alpha value is -3.46. The van der Waals surface area contributed by atoms with Crippen molar-refractivity contribution in [1.29, 1.82) is 0 Å². The molecule has 0 aromatic carbocycles. The van der Waals surface area contributed by atoms with E-state index in [9.17, 15) is 9.59 Å². The molecule has 34 heavy (non-hydrogen) atoms. The predicted octanol–water partition coefficient (Wildman–Crippen LogP) is 4.69. The SMILES string of the molecule is O=C1NC(=O)/C(=C/c2ccnc(N3CCC(CCCc4cccnc4-c4ccco4)CC3)n2)S1. The molecule has 3 aromatic rings. The number of anilines is 1. The number of piperidine rings is 1. The number of hydrogen-bond acceptors (Lipinski definition) is 8. The lowest BCUT2D eigenvalue weighted by molar-refractivity contribution is -0.115. The van der Waals surface area contributed by atoms with Crippen molar-refractivity contribution in [2.75, 3.05) is 18.0 Å². The highest BCUT2D eigenvalue weighted by molar-refractivity contribution is 8.18. The van der Waals surface area contributed by atoms with Crippen LogP contribution in [0.15, 0.2) is 58.3 Å². The molecule has 8 nitrogen and oxygen atoms in total. The van der Waals surface area contributed by atoms with Crippen molar-refractivity contribution in [3.05, 3.63) is 65.2 Å². The van der Waals surface area contributed by atoms with Crippen LogP contribution in [0.25, 0.3) is 17.5 Å². The summed E-state index contributed by atoms with van der Waals surface area (Å²) in [4.78, 5) is 39.3. The summed E-state index contributed by atoms with van der Waals surface area (Å²) >= 11 is 0.895. The first-order chi connectivity index (χ1) is 16.7. The van der Waals surface area contributed by atoms with Crippen LogP contribution in [0, 0.1) is 5.92 Å². The normalized spacial score (nSPS) is 18.0. The lowest BCUT2D eigenvalue weighted by atomic mass is 9.90. The molecule has 2 amide bonds. The van der Waals surface area contributed by atoms with Crippen LogP contribution >= 0.6 is 11.8 Å². The van der Waals surface area contributed by atoms with Crippen LogP contribution in [0.3, 0.4) is 0 Å². The van der Waals surface area contributed by atoms with Gasteiger partial charge in [-0.15, -0.1) is 0 Å². The first kappa shape index (κ1) is 22.3. The molecular formula is C25H25N5O3S. The van der Waals surface area contributed by atoms with Gasteiger partial charge in [-0.1, -0.05) is 6.07 Å². The molecule has 5 heterocycles. The van der Waals surface area contributed by atoms with Crippen molar-refractivity contribution in [3.63, 3.8) is 0 Å². The van der Waals surface area contributed by atoms with Crippen molar-refractivity contribution in [3.8, 4) is 11.5 Å². The second-order valence-electron chi connectivity index (χ2n) is 8.44. The third-order valence-electron chi connectivity index (χ3n) is 6.19. The van der Waals surface area contributed by atoms with E-state index in [0.717, 1.165) is 62.0 Å². The molecule has 5 rings (SSSR count). The van der Waals surface area contributed by atoms with Crippen LogP contribution in [0.5, 0.6) is 0 Å². The van der Waals surface area contributed by atoms with Crippen molar-refractivity contribution in [2.45, 2.75) is 32.1 Å². The summed E-state index contributed by atoms with van der Waals surface area (Å²) in [5.41, 5.74) is 2.79. The number of carbonyl (C=O) groups excluding carboxylic acids is 2. The Morgan fingerprint density at radius 1 is 1.12 bits per heavy atom. The van der Waals surface area contributed by atoms with Gasteiger partial charge in [0.15, 0.2) is 5.76 Å². The van der Waals surface area contributed by atoms with E-state index in [2.05, 4.69) is 31.2 Å². The maximum atomic E-state index is 11.8. The fourth-order valence-corrected chi connectivity index (χ4v) is 5.10. The van der Waals surface area contributed by atoms with Gasteiger partial charge >= 0.3 is 0 Å². The van der Waals surface area contributed by atoms with Gasteiger partial charge in [0.25, 0.3) is 11.1 Å². The van der Waals surface area contributed by atoms with Gasteiger partial charge in [-0.05, 0) is 85.7 Å². The largest absolute Gasteiger partial charge is 0.463 e. The third-order valence-corrected chi connectivity index (χ3v) is 7.00. The Kier molecular flexibility index (Phi) is 6.71. The number of aryl methyl sites for hydroxylation is 1. The van der Waals surface area contributed by atoms with E-state index in [0.29, 0.717) is 22.5 Å². The van der Waals surface area contributed by atoms with Crippen LogP contribution in [0.1, 0.15) is 36.9 Å². The third kappa shape index (κ3) is 5.20. The van der Waals surface area contributed by atoms with Gasteiger partial charge in [0.2, 0.25) is 5.95 Å². The molecule has 1 N–H and O–H groups in total. The first-order valence-corrected chi connectivity index (χ1v) is 12.3. The average molecular weight is 476 g/mol. The monoisotopic (exact) mass is 475 g/mol. The summed E-state index contributed by atoms with van der Waals surface area (Å²) in [6.07, 6.45) is 12.3. The van der Waals surface area contributed by atoms with Gasteiger partial charge in [0, 0.05) is 25.5 Å². The molecule has 2 aliphatic heterocycles. The minimum absolute atomic E-state index is 0.353. The standard InChI is InChI=1S/C25H25N5O3S/c31-23-21(34-25(32)29-23)16-19-8-12-27-24(28-19)30-13-9-17(10-14-30)4-1-5-18-6-2-11-26-22(18)20-7-3-15-33-20/h2-3,6-8,11-12,15-17H,1,4-5,9-10,13-14H2,(H,29,31,32)/b21-16-. The highest BCUT2D eigenvalue weighted by Crippen LogP contribution is 2.28. The number of amides is 2. The molecule has 174 valence electrons. The molecule has 3 aromatic heterocycles. The number of nitrogens with zero attached hydrogens (tertiary/aromatic N) is 4. The number of aromatic nitrogens is 3. The Labute approximate surface area is 201 Å². The molecule has 0 aliphatic carbocycles. The van der Waals surface area contributed by atoms with Crippen LogP contribution in [0.2, 0.25) is 0 Å². The second kappa shape index (κ2) is 10.2. The molecule has 9 heteroatoms. The number of nitrogens with one attached hydrogen (secondary N) is 1. The molecular weight excluding hydrogens is 450 g/mol. The maximum absolute atomic E-state index is 11.8. The molecule has 0 radical (unpaired) electrons. The summed E-state index contributed by atoms with van der Waals surface area (Å²) in [6, 6.07) is 9.71. The lowest BCUT2D eigenvalue weighted by Crippen LogP contribution is -2.35. The Morgan fingerprint density at radius 2 is 2.00 bits per heavy atom. The number of imide groups is 1. The molecule has 0 bridgehead atoms. The topological polar surface area (TPSA) is 101 Å². The van der Waals surface area contributed by atoms with Crippen LogP contribution < -0.4 is 10.2 Å². The van der Waals surface area contributed by atoms with Gasteiger partial charge in [0.1, 0.15) is 5.69 Å². The van der Waals surface area contributed by atoms with Crippen LogP contribution in [-0.2, 0) is 11.2 Å². The Morgan fingerprint density at radius 3 is 2.76 bits per heavy atom. The van der Waals surface area contributed by atoms with Crippen LogP contribution in [-0.4, -0.2) is 39.2 Å². The van der Waals surface area contributed by atoms with E-state index in [1.54, 1.807) is 24.6 Å². The van der Waals surface area contributed by atoms with E-state index in [-0.39, 0.29) is 11.1 Å². The minimum Gasteiger partial charge on any atom is -0.463 e. The van der Waals surface area contributed by atoms with Crippen molar-refractivity contribution >= 4 is 34.9 Å². The number of rotatable bonds is 7. The molecule has 0 spiro atoms. The number of thioether (sulfide) groups is 1. The van der Waals surface area contributed by atoms with Crippen molar-refractivity contribution in [2.24, 2.45) is 5.92 Å². The molecule has 2 fully saturated rings. The molecule has 2 saturated heterocycles. The first-order valence-electron chi connectivity index (χ1n) is 11.5.